The topological polar surface area (TPSA) is 66.5 Å². The molecule has 0 saturated carbocycles. The van der Waals surface area contributed by atoms with E-state index in [1.54, 1.807) is 36.4 Å². The van der Waals surface area contributed by atoms with Gasteiger partial charge in [-0.2, -0.15) is 4.31 Å². The molecule has 0 radical (unpaired) electrons. The number of hydrogen-bond acceptors (Lipinski definition) is 3. The second-order valence-electron chi connectivity index (χ2n) is 6.65. The van der Waals surface area contributed by atoms with Crippen molar-refractivity contribution in [1.29, 1.82) is 0 Å². The standard InChI is InChI=1S/C20H23ClN2O3S/c21-19-12-5-4-8-16(19)15-22-20(24)14-17-9-6-7-13-23(17)27(25,26)18-10-2-1-3-11-18/h1-5,8,10-12,17H,6-7,9,13-15H2,(H,22,24)/t17-/m1/s1. The number of carbonyl (C=O) groups excluding carboxylic acids is 1. The molecule has 0 bridgehead atoms. The predicted molar refractivity (Wildman–Crippen MR) is 106 cm³/mol. The average molecular weight is 407 g/mol. The Morgan fingerprint density at radius 3 is 2.52 bits per heavy atom. The summed E-state index contributed by atoms with van der Waals surface area (Å²) < 4.78 is 27.4. The summed E-state index contributed by atoms with van der Waals surface area (Å²) in [5, 5.41) is 3.45. The second-order valence-corrected chi connectivity index (χ2v) is 8.95. The van der Waals surface area contributed by atoms with E-state index >= 15 is 0 Å². The van der Waals surface area contributed by atoms with Gasteiger partial charge in [-0.25, -0.2) is 8.42 Å². The van der Waals surface area contributed by atoms with Crippen molar-refractivity contribution in [2.24, 2.45) is 0 Å². The fourth-order valence-corrected chi connectivity index (χ4v) is 5.26. The van der Waals surface area contributed by atoms with Gasteiger partial charge in [0.25, 0.3) is 0 Å². The zero-order valence-electron chi connectivity index (χ0n) is 15.0. The monoisotopic (exact) mass is 406 g/mol. The van der Waals surface area contributed by atoms with Crippen LogP contribution in [0, 0.1) is 0 Å². The maximum atomic E-state index is 13.0. The van der Waals surface area contributed by atoms with E-state index in [4.69, 9.17) is 11.6 Å². The van der Waals surface area contributed by atoms with Crippen molar-refractivity contribution in [1.82, 2.24) is 9.62 Å². The maximum Gasteiger partial charge on any atom is 0.243 e. The molecule has 1 heterocycles. The maximum absolute atomic E-state index is 13.0. The van der Waals surface area contributed by atoms with E-state index in [0.717, 1.165) is 18.4 Å². The van der Waals surface area contributed by atoms with Gasteiger partial charge in [0.2, 0.25) is 15.9 Å². The minimum Gasteiger partial charge on any atom is -0.352 e. The van der Waals surface area contributed by atoms with Crippen LogP contribution in [0.25, 0.3) is 0 Å². The Balaban J connectivity index is 1.67. The molecule has 1 saturated heterocycles. The molecular formula is C20H23ClN2O3S. The van der Waals surface area contributed by atoms with Crippen molar-refractivity contribution in [3.63, 3.8) is 0 Å². The number of piperidine rings is 1. The SMILES string of the molecule is O=C(C[C@H]1CCCCN1S(=O)(=O)c1ccccc1)NCc1ccccc1Cl. The van der Waals surface area contributed by atoms with Crippen LogP contribution in [0.2, 0.25) is 5.02 Å². The summed E-state index contributed by atoms with van der Waals surface area (Å²) in [6.07, 6.45) is 2.56. The summed E-state index contributed by atoms with van der Waals surface area (Å²) in [5.41, 5.74) is 0.838. The molecule has 0 unspecified atom stereocenters. The first-order chi connectivity index (χ1) is 13.0. The van der Waals surface area contributed by atoms with E-state index in [0.29, 0.717) is 24.5 Å². The summed E-state index contributed by atoms with van der Waals surface area (Å²) in [5.74, 6) is -0.171. The molecule has 2 aromatic carbocycles. The molecule has 144 valence electrons. The minimum absolute atomic E-state index is 0.149. The molecule has 1 aliphatic heterocycles. The van der Waals surface area contributed by atoms with Crippen molar-refractivity contribution in [3.05, 3.63) is 65.2 Å². The molecule has 1 aliphatic rings. The molecule has 0 spiro atoms. The van der Waals surface area contributed by atoms with Crippen molar-refractivity contribution in [3.8, 4) is 0 Å². The Morgan fingerprint density at radius 1 is 1.07 bits per heavy atom. The van der Waals surface area contributed by atoms with Gasteiger partial charge in [0.05, 0.1) is 4.90 Å². The van der Waals surface area contributed by atoms with Crippen LogP contribution in [0.5, 0.6) is 0 Å². The van der Waals surface area contributed by atoms with Crippen molar-refractivity contribution < 1.29 is 13.2 Å². The zero-order chi connectivity index (χ0) is 19.3. The van der Waals surface area contributed by atoms with Crippen LogP contribution in [-0.2, 0) is 21.4 Å². The quantitative estimate of drug-likeness (QED) is 0.797. The number of nitrogens with one attached hydrogen (secondary N) is 1. The van der Waals surface area contributed by atoms with Gasteiger partial charge in [-0.05, 0) is 36.6 Å². The van der Waals surface area contributed by atoms with Gasteiger partial charge in [0, 0.05) is 30.6 Å². The smallest absolute Gasteiger partial charge is 0.243 e. The minimum atomic E-state index is -3.60. The number of hydrogen-bond donors (Lipinski definition) is 1. The van der Waals surface area contributed by atoms with Gasteiger partial charge in [-0.3, -0.25) is 4.79 Å². The van der Waals surface area contributed by atoms with E-state index in [2.05, 4.69) is 5.32 Å². The van der Waals surface area contributed by atoms with Gasteiger partial charge < -0.3 is 5.32 Å². The first-order valence-electron chi connectivity index (χ1n) is 9.05. The molecule has 1 amide bonds. The predicted octanol–water partition coefficient (Wildman–Crippen LogP) is 3.59. The molecule has 0 aliphatic carbocycles. The average Bonchev–Trinajstić information content (AvgIpc) is 2.68. The van der Waals surface area contributed by atoms with Gasteiger partial charge in [0.15, 0.2) is 0 Å². The summed E-state index contributed by atoms with van der Waals surface area (Å²) in [6, 6.07) is 15.4. The van der Waals surface area contributed by atoms with Crippen LogP contribution < -0.4 is 5.32 Å². The Morgan fingerprint density at radius 2 is 1.78 bits per heavy atom. The largest absolute Gasteiger partial charge is 0.352 e. The zero-order valence-corrected chi connectivity index (χ0v) is 16.5. The Labute approximate surface area is 165 Å². The number of rotatable bonds is 6. The third kappa shape index (κ3) is 4.89. The van der Waals surface area contributed by atoms with Gasteiger partial charge >= 0.3 is 0 Å². The summed E-state index contributed by atoms with van der Waals surface area (Å²) >= 11 is 6.11. The fraction of sp³-hybridized carbons (Fsp3) is 0.350. The fourth-order valence-electron chi connectivity index (χ4n) is 3.34. The summed E-state index contributed by atoms with van der Waals surface area (Å²) in [6.45, 7) is 0.774. The van der Waals surface area contributed by atoms with Gasteiger partial charge in [0.1, 0.15) is 0 Å². The number of carbonyl (C=O) groups is 1. The van der Waals surface area contributed by atoms with Crippen LogP contribution in [0.1, 0.15) is 31.2 Å². The number of sulfonamides is 1. The van der Waals surface area contributed by atoms with E-state index in [-0.39, 0.29) is 23.3 Å². The van der Waals surface area contributed by atoms with E-state index in [9.17, 15) is 13.2 Å². The van der Waals surface area contributed by atoms with Crippen molar-refractivity contribution in [2.75, 3.05) is 6.54 Å². The Kier molecular flexibility index (Phi) is 6.52. The molecule has 1 fully saturated rings. The molecule has 1 N–H and O–H groups in total. The number of halogens is 1. The van der Waals surface area contributed by atoms with E-state index in [1.807, 2.05) is 18.2 Å². The lowest BCUT2D eigenvalue weighted by atomic mass is 10.0. The van der Waals surface area contributed by atoms with Crippen LogP contribution >= 0.6 is 11.6 Å². The Hall–Kier alpha value is -1.89. The third-order valence-corrected chi connectivity index (χ3v) is 7.11. The van der Waals surface area contributed by atoms with Crippen LogP contribution in [0.3, 0.4) is 0 Å². The highest BCUT2D eigenvalue weighted by Crippen LogP contribution is 2.27. The molecule has 0 aromatic heterocycles. The lowest BCUT2D eigenvalue weighted by Crippen LogP contribution is -2.45. The summed E-state index contributed by atoms with van der Waals surface area (Å²) in [7, 11) is -3.60. The molecule has 27 heavy (non-hydrogen) atoms. The molecule has 5 nitrogen and oxygen atoms in total. The highest BCUT2D eigenvalue weighted by Gasteiger charge is 2.34. The van der Waals surface area contributed by atoms with Crippen molar-refractivity contribution in [2.45, 2.75) is 43.2 Å². The van der Waals surface area contributed by atoms with Gasteiger partial charge in [-0.15, -0.1) is 0 Å². The second kappa shape index (κ2) is 8.87. The van der Waals surface area contributed by atoms with Crippen molar-refractivity contribution >= 4 is 27.5 Å². The molecule has 1 atom stereocenters. The first-order valence-corrected chi connectivity index (χ1v) is 10.9. The van der Waals surface area contributed by atoms with Gasteiger partial charge in [-0.1, -0.05) is 54.4 Å². The normalized spacial score (nSPS) is 18.2. The lowest BCUT2D eigenvalue weighted by molar-refractivity contribution is -0.122. The first kappa shape index (κ1) is 19.9. The van der Waals surface area contributed by atoms with E-state index in [1.165, 1.54) is 4.31 Å². The van der Waals surface area contributed by atoms with Crippen LogP contribution in [0.4, 0.5) is 0 Å². The Bertz CT molecular complexity index is 887. The third-order valence-electron chi connectivity index (χ3n) is 4.78. The van der Waals surface area contributed by atoms with Crippen LogP contribution in [-0.4, -0.2) is 31.2 Å². The number of amides is 1. The van der Waals surface area contributed by atoms with Crippen LogP contribution in [0.15, 0.2) is 59.5 Å². The van der Waals surface area contributed by atoms with E-state index < -0.39 is 10.0 Å². The lowest BCUT2D eigenvalue weighted by Gasteiger charge is -2.34. The highest BCUT2D eigenvalue weighted by atomic mass is 35.5. The molecule has 2 aromatic rings. The molecular weight excluding hydrogens is 384 g/mol. The highest BCUT2D eigenvalue weighted by molar-refractivity contribution is 7.89. The summed E-state index contributed by atoms with van der Waals surface area (Å²) in [4.78, 5) is 12.7. The number of benzene rings is 2. The molecule has 3 rings (SSSR count). The molecule has 7 heteroatoms. The number of nitrogens with zero attached hydrogens (tertiary/aromatic N) is 1.